The van der Waals surface area contributed by atoms with E-state index >= 15 is 0 Å². The van der Waals surface area contributed by atoms with Gasteiger partial charge in [-0.1, -0.05) is 19.3 Å². The predicted molar refractivity (Wildman–Crippen MR) is 126 cm³/mol. The van der Waals surface area contributed by atoms with Crippen molar-refractivity contribution in [1.82, 2.24) is 25.3 Å². The van der Waals surface area contributed by atoms with Gasteiger partial charge in [0.2, 0.25) is 0 Å². The van der Waals surface area contributed by atoms with Gasteiger partial charge in [-0.3, -0.25) is 14.6 Å². The molecule has 1 aromatic heterocycles. The molecule has 0 amide bonds. The van der Waals surface area contributed by atoms with Gasteiger partial charge in [0.1, 0.15) is 0 Å². The molecule has 1 saturated carbocycles. The second-order valence-corrected chi connectivity index (χ2v) is 8.58. The molecule has 1 aromatic rings. The lowest BCUT2D eigenvalue weighted by Gasteiger charge is -2.48. The van der Waals surface area contributed by atoms with Crippen LogP contribution in [0, 0.1) is 0 Å². The minimum absolute atomic E-state index is 0. The van der Waals surface area contributed by atoms with Crippen molar-refractivity contribution in [3.63, 3.8) is 0 Å². The van der Waals surface area contributed by atoms with E-state index in [4.69, 9.17) is 0 Å². The van der Waals surface area contributed by atoms with E-state index < -0.39 is 0 Å². The lowest BCUT2D eigenvalue weighted by Crippen LogP contribution is -2.59. The molecule has 1 saturated heterocycles. The van der Waals surface area contributed by atoms with E-state index in [1.807, 2.05) is 30.2 Å². The average molecular weight is 507 g/mol. The predicted octanol–water partition coefficient (Wildman–Crippen LogP) is 2.81. The van der Waals surface area contributed by atoms with Gasteiger partial charge in [0.25, 0.3) is 0 Å². The number of aliphatic imine (C=N–C) groups is 1. The Morgan fingerprint density at radius 2 is 1.96 bits per heavy atom. The summed E-state index contributed by atoms with van der Waals surface area (Å²) in [4.78, 5) is 7.20. The molecule has 2 N–H and O–H groups in total. The van der Waals surface area contributed by atoms with Crippen LogP contribution in [0.3, 0.4) is 0 Å². The molecular formula is C19H35IN6S. The maximum Gasteiger partial charge on any atom is 0.191 e. The van der Waals surface area contributed by atoms with E-state index in [2.05, 4.69) is 37.4 Å². The smallest absolute Gasteiger partial charge is 0.191 e. The maximum absolute atomic E-state index is 4.43. The number of aromatic nitrogens is 2. The number of aryl methyl sites for hydroxylation is 1. The highest BCUT2D eigenvalue weighted by atomic mass is 127. The lowest BCUT2D eigenvalue weighted by atomic mass is 9.80. The number of hydrogen-bond donors (Lipinski definition) is 2. The summed E-state index contributed by atoms with van der Waals surface area (Å²) in [7, 11) is 1.87. The van der Waals surface area contributed by atoms with E-state index in [0.717, 1.165) is 32.0 Å². The molecule has 1 aliphatic carbocycles. The molecule has 8 heteroatoms. The number of nitrogens with zero attached hydrogens (tertiary/aromatic N) is 4. The van der Waals surface area contributed by atoms with E-state index in [-0.39, 0.29) is 24.0 Å². The number of halogens is 1. The lowest BCUT2D eigenvalue weighted by molar-refractivity contribution is 0.0626. The highest BCUT2D eigenvalue weighted by molar-refractivity contribution is 14.0. The van der Waals surface area contributed by atoms with Crippen LogP contribution >= 0.6 is 35.7 Å². The summed E-state index contributed by atoms with van der Waals surface area (Å²) in [6.45, 7) is 5.33. The summed E-state index contributed by atoms with van der Waals surface area (Å²) in [5, 5.41) is 11.4. The number of hydrogen-bond acceptors (Lipinski definition) is 4. The van der Waals surface area contributed by atoms with E-state index in [0.29, 0.717) is 5.54 Å². The van der Waals surface area contributed by atoms with Crippen molar-refractivity contribution in [2.24, 2.45) is 4.99 Å². The molecule has 154 valence electrons. The molecule has 0 bridgehead atoms. The Labute approximate surface area is 185 Å². The molecule has 2 aliphatic rings. The zero-order valence-corrected chi connectivity index (χ0v) is 19.7. The number of guanidine groups is 1. The second kappa shape index (κ2) is 12.2. The molecule has 0 unspecified atom stereocenters. The Kier molecular flexibility index (Phi) is 10.3. The molecule has 6 nitrogen and oxygen atoms in total. The van der Waals surface area contributed by atoms with Crippen LogP contribution < -0.4 is 10.6 Å². The molecule has 3 rings (SSSR count). The van der Waals surface area contributed by atoms with Gasteiger partial charge in [-0.15, -0.1) is 24.0 Å². The first kappa shape index (κ1) is 22.8. The summed E-state index contributed by atoms with van der Waals surface area (Å²) in [5.41, 5.74) is 0.325. The summed E-state index contributed by atoms with van der Waals surface area (Å²) in [6.07, 6.45) is 11.6. The van der Waals surface area contributed by atoms with Crippen molar-refractivity contribution in [2.45, 2.75) is 50.6 Å². The van der Waals surface area contributed by atoms with Crippen molar-refractivity contribution < 1.29 is 0 Å². The minimum Gasteiger partial charge on any atom is -0.356 e. The number of nitrogens with one attached hydrogen (secondary N) is 2. The molecule has 27 heavy (non-hydrogen) atoms. The monoisotopic (exact) mass is 506 g/mol. The molecule has 0 radical (unpaired) electrons. The largest absolute Gasteiger partial charge is 0.356 e. The number of thioether (sulfide) groups is 1. The highest BCUT2D eigenvalue weighted by Gasteiger charge is 2.38. The van der Waals surface area contributed by atoms with Crippen molar-refractivity contribution in [3.05, 3.63) is 18.5 Å². The van der Waals surface area contributed by atoms with Crippen LogP contribution in [0.15, 0.2) is 23.5 Å². The molecule has 0 aromatic carbocycles. The van der Waals surface area contributed by atoms with Crippen LogP contribution in [-0.4, -0.2) is 70.9 Å². The first-order valence-corrected chi connectivity index (χ1v) is 11.2. The van der Waals surface area contributed by atoms with E-state index in [1.165, 1.54) is 56.7 Å². The van der Waals surface area contributed by atoms with Gasteiger partial charge < -0.3 is 10.6 Å². The van der Waals surface area contributed by atoms with Crippen molar-refractivity contribution in [1.29, 1.82) is 0 Å². The van der Waals surface area contributed by atoms with E-state index in [1.54, 1.807) is 0 Å². The Balaban J connectivity index is 0.00000261. The Morgan fingerprint density at radius 1 is 1.19 bits per heavy atom. The van der Waals surface area contributed by atoms with Gasteiger partial charge in [0.15, 0.2) is 5.96 Å². The molecule has 2 fully saturated rings. The van der Waals surface area contributed by atoms with Crippen LogP contribution in [0.1, 0.15) is 38.5 Å². The Hall–Kier alpha value is -0.480. The summed E-state index contributed by atoms with van der Waals surface area (Å²) >= 11 is 2.10. The van der Waals surface area contributed by atoms with Crippen molar-refractivity contribution >= 4 is 41.7 Å². The fourth-order valence-corrected chi connectivity index (χ4v) is 5.10. The SMILES string of the molecule is CN=C(NCCCn1cccn1)NCC1(N2CCSCC2)CCCCC1.I. The van der Waals surface area contributed by atoms with Crippen molar-refractivity contribution in [3.8, 4) is 0 Å². The average Bonchev–Trinajstić information content (AvgIpc) is 3.22. The third kappa shape index (κ3) is 6.81. The zero-order valence-electron chi connectivity index (χ0n) is 16.5. The Bertz CT molecular complexity index is 538. The molecule has 0 spiro atoms. The van der Waals surface area contributed by atoms with Gasteiger partial charge in [-0.25, -0.2) is 0 Å². The zero-order chi connectivity index (χ0) is 18.1. The first-order valence-electron chi connectivity index (χ1n) is 10.1. The van der Waals surface area contributed by atoms with Crippen molar-refractivity contribution in [2.75, 3.05) is 44.7 Å². The van der Waals surface area contributed by atoms with Gasteiger partial charge in [-0.2, -0.15) is 16.9 Å². The second-order valence-electron chi connectivity index (χ2n) is 7.36. The number of rotatable bonds is 7. The van der Waals surface area contributed by atoms with Gasteiger partial charge in [-0.05, 0) is 25.3 Å². The third-order valence-corrected chi connectivity index (χ3v) is 6.63. The highest BCUT2D eigenvalue weighted by Crippen LogP contribution is 2.34. The van der Waals surface area contributed by atoms with Crippen LogP contribution in [0.4, 0.5) is 0 Å². The maximum atomic E-state index is 4.43. The summed E-state index contributed by atoms with van der Waals surface area (Å²) in [5.74, 6) is 3.49. The molecular weight excluding hydrogens is 471 g/mol. The fourth-order valence-electron chi connectivity index (χ4n) is 4.20. The molecule has 2 heterocycles. The van der Waals surface area contributed by atoms with Crippen LogP contribution in [0.25, 0.3) is 0 Å². The van der Waals surface area contributed by atoms with E-state index in [9.17, 15) is 0 Å². The van der Waals surface area contributed by atoms with Crippen LogP contribution in [-0.2, 0) is 6.54 Å². The molecule has 0 atom stereocenters. The Morgan fingerprint density at radius 3 is 2.63 bits per heavy atom. The quantitative estimate of drug-likeness (QED) is 0.258. The fraction of sp³-hybridized carbons (Fsp3) is 0.789. The summed E-state index contributed by atoms with van der Waals surface area (Å²) < 4.78 is 1.98. The van der Waals surface area contributed by atoms with Gasteiger partial charge in [0.05, 0.1) is 0 Å². The van der Waals surface area contributed by atoms with Gasteiger partial charge >= 0.3 is 0 Å². The standard InChI is InChI=1S/C19H34N6S.HI/c1-20-18(21-9-5-11-25-12-6-10-23-25)22-17-19(7-3-2-4-8-19)24-13-15-26-16-14-24;/h6,10,12H,2-5,7-9,11,13-17H2,1H3,(H2,20,21,22);1H. The summed E-state index contributed by atoms with van der Waals surface area (Å²) in [6, 6.07) is 1.97. The van der Waals surface area contributed by atoms with Gasteiger partial charge in [0, 0.05) is 69.2 Å². The minimum atomic E-state index is 0. The first-order chi connectivity index (χ1) is 12.8. The molecule has 1 aliphatic heterocycles. The van der Waals surface area contributed by atoms with Crippen LogP contribution in [0.2, 0.25) is 0 Å². The topological polar surface area (TPSA) is 57.5 Å². The van der Waals surface area contributed by atoms with Crippen LogP contribution in [0.5, 0.6) is 0 Å². The normalized spacial score (nSPS) is 20.7. The third-order valence-electron chi connectivity index (χ3n) is 5.69.